The smallest absolute Gasteiger partial charge is 0.377 e. The number of nitrogens with one attached hydrogen (secondary N) is 2. The maximum absolute atomic E-state index is 14.5. The van der Waals surface area contributed by atoms with Crippen molar-refractivity contribution in [1.29, 1.82) is 0 Å². The van der Waals surface area contributed by atoms with Crippen molar-refractivity contribution in [2.45, 2.75) is 44.0 Å². The first kappa shape index (κ1) is 25.2. The van der Waals surface area contributed by atoms with E-state index in [1.165, 1.54) is 38.1 Å². The second-order valence-corrected chi connectivity index (χ2v) is 7.12. The van der Waals surface area contributed by atoms with E-state index in [1.807, 2.05) is 5.32 Å². The van der Waals surface area contributed by atoms with Crippen LogP contribution in [0.3, 0.4) is 0 Å². The summed E-state index contributed by atoms with van der Waals surface area (Å²) >= 11 is 0. The molecular formula is C22H21F7N2O. The van der Waals surface area contributed by atoms with Crippen LogP contribution in [0.15, 0.2) is 72.4 Å². The number of rotatable bonds is 8. The molecule has 0 aromatic heterocycles. The largest absolute Gasteiger partial charge is 0.460 e. The van der Waals surface area contributed by atoms with E-state index >= 15 is 0 Å². The Hall–Kier alpha value is -3.04. The first-order chi connectivity index (χ1) is 14.8. The number of hydrogen-bond acceptors (Lipinski definition) is 2. The van der Waals surface area contributed by atoms with Crippen LogP contribution in [-0.4, -0.2) is 23.9 Å². The number of amides is 1. The van der Waals surface area contributed by atoms with E-state index in [0.717, 1.165) is 0 Å². The predicted molar refractivity (Wildman–Crippen MR) is 105 cm³/mol. The second-order valence-electron chi connectivity index (χ2n) is 7.12. The molecule has 2 aromatic carbocycles. The molecule has 1 unspecified atom stereocenters. The summed E-state index contributed by atoms with van der Waals surface area (Å²) in [5.74, 6) is -13.4. The van der Waals surface area contributed by atoms with Crippen molar-refractivity contribution in [2.75, 3.05) is 0 Å². The fraction of sp³-hybridized carbons (Fsp3) is 0.318. The molecule has 2 atom stereocenters. The standard InChI is InChI=1S/C22H21F7N2O/c1-14(16-9-5-3-6-10-16)30-18(20(23,24)21(25,26)22(27,28)29)13-19(32)31-15(2)17-11-7-4-8-12-17/h3-15,30H,1-2H3,(H,31,32)/b18-13-/t14?,15-/m0/s1. The molecule has 2 N–H and O–H groups in total. The number of allylic oxidation sites excluding steroid dienone is 1. The molecule has 0 heterocycles. The molecule has 0 aliphatic carbocycles. The summed E-state index contributed by atoms with van der Waals surface area (Å²) in [7, 11) is 0. The molecule has 0 saturated carbocycles. The highest BCUT2D eigenvalue weighted by molar-refractivity contribution is 5.88. The van der Waals surface area contributed by atoms with Gasteiger partial charge in [0.05, 0.1) is 11.7 Å². The van der Waals surface area contributed by atoms with Crippen LogP contribution in [0.2, 0.25) is 0 Å². The number of carbonyl (C=O) groups is 1. The minimum absolute atomic E-state index is 0.0402. The molecule has 32 heavy (non-hydrogen) atoms. The van der Waals surface area contributed by atoms with Crippen molar-refractivity contribution < 1.29 is 35.5 Å². The lowest BCUT2D eigenvalue weighted by atomic mass is 10.0. The van der Waals surface area contributed by atoms with Crippen molar-refractivity contribution >= 4 is 5.91 Å². The Labute approximate surface area is 180 Å². The van der Waals surface area contributed by atoms with E-state index < -0.39 is 41.7 Å². The summed E-state index contributed by atoms with van der Waals surface area (Å²) in [6, 6.07) is 14.0. The predicted octanol–water partition coefficient (Wildman–Crippen LogP) is 5.93. The van der Waals surface area contributed by atoms with Gasteiger partial charge in [-0.1, -0.05) is 60.7 Å². The van der Waals surface area contributed by atoms with Gasteiger partial charge in [0.25, 0.3) is 0 Å². The van der Waals surface area contributed by atoms with Crippen LogP contribution in [0.1, 0.15) is 37.1 Å². The molecule has 0 saturated heterocycles. The number of carbonyl (C=O) groups excluding carboxylic acids is 1. The van der Waals surface area contributed by atoms with Crippen LogP contribution < -0.4 is 10.6 Å². The molecular weight excluding hydrogens is 441 g/mol. The normalized spacial score (nSPS) is 15.1. The lowest BCUT2D eigenvalue weighted by Gasteiger charge is -2.32. The number of halogens is 7. The van der Waals surface area contributed by atoms with Crippen LogP contribution in [0.5, 0.6) is 0 Å². The van der Waals surface area contributed by atoms with E-state index in [1.54, 1.807) is 36.4 Å². The maximum Gasteiger partial charge on any atom is 0.460 e. The monoisotopic (exact) mass is 462 g/mol. The Bertz CT molecular complexity index is 928. The lowest BCUT2D eigenvalue weighted by Crippen LogP contribution is -2.55. The Kier molecular flexibility index (Phi) is 7.58. The van der Waals surface area contributed by atoms with Crippen molar-refractivity contribution in [3.05, 3.63) is 83.6 Å². The van der Waals surface area contributed by atoms with Crippen molar-refractivity contribution in [3.63, 3.8) is 0 Å². The van der Waals surface area contributed by atoms with Gasteiger partial charge in [-0.15, -0.1) is 0 Å². The first-order valence-electron chi connectivity index (χ1n) is 9.49. The van der Waals surface area contributed by atoms with Gasteiger partial charge in [0, 0.05) is 12.1 Å². The third kappa shape index (κ3) is 5.60. The third-order valence-electron chi connectivity index (χ3n) is 4.69. The molecule has 0 bridgehead atoms. The van der Waals surface area contributed by atoms with E-state index in [-0.39, 0.29) is 6.08 Å². The molecule has 174 valence electrons. The van der Waals surface area contributed by atoms with E-state index in [2.05, 4.69) is 5.32 Å². The zero-order valence-corrected chi connectivity index (χ0v) is 17.1. The van der Waals surface area contributed by atoms with Gasteiger partial charge in [-0.05, 0) is 25.0 Å². The molecule has 0 aliphatic rings. The van der Waals surface area contributed by atoms with Crippen molar-refractivity contribution in [3.8, 4) is 0 Å². The van der Waals surface area contributed by atoms with Crippen LogP contribution >= 0.6 is 0 Å². The van der Waals surface area contributed by atoms with Gasteiger partial charge in [0.2, 0.25) is 5.91 Å². The molecule has 3 nitrogen and oxygen atoms in total. The van der Waals surface area contributed by atoms with Crippen LogP contribution in [0.25, 0.3) is 0 Å². The zero-order valence-electron chi connectivity index (χ0n) is 17.1. The Morgan fingerprint density at radius 2 is 1.16 bits per heavy atom. The summed E-state index contributed by atoms with van der Waals surface area (Å²) in [5, 5.41) is 4.25. The Balaban J connectivity index is 2.39. The van der Waals surface area contributed by atoms with Crippen LogP contribution in [0, 0.1) is 0 Å². The molecule has 0 radical (unpaired) electrons. The van der Waals surface area contributed by atoms with Crippen molar-refractivity contribution in [2.24, 2.45) is 0 Å². The minimum atomic E-state index is -6.54. The van der Waals surface area contributed by atoms with Crippen molar-refractivity contribution in [1.82, 2.24) is 10.6 Å². The van der Waals surface area contributed by atoms with Gasteiger partial charge >= 0.3 is 18.0 Å². The maximum atomic E-state index is 14.5. The highest BCUT2D eigenvalue weighted by atomic mass is 19.4. The summed E-state index contributed by atoms with van der Waals surface area (Å²) in [4.78, 5) is 12.3. The third-order valence-corrected chi connectivity index (χ3v) is 4.69. The highest BCUT2D eigenvalue weighted by Crippen LogP contribution is 2.49. The summed E-state index contributed by atoms with van der Waals surface area (Å²) in [6.45, 7) is 2.79. The number of alkyl halides is 7. The van der Waals surface area contributed by atoms with Crippen LogP contribution in [0.4, 0.5) is 30.7 Å². The molecule has 2 rings (SSSR count). The molecule has 10 heteroatoms. The van der Waals surface area contributed by atoms with E-state index in [9.17, 15) is 35.5 Å². The van der Waals surface area contributed by atoms with E-state index in [4.69, 9.17) is 0 Å². The molecule has 0 spiro atoms. The van der Waals surface area contributed by atoms with Crippen LogP contribution in [-0.2, 0) is 4.79 Å². The Morgan fingerprint density at radius 3 is 1.56 bits per heavy atom. The molecule has 2 aromatic rings. The quantitative estimate of drug-likeness (QED) is 0.377. The number of hydrogen-bond donors (Lipinski definition) is 2. The van der Waals surface area contributed by atoms with E-state index in [0.29, 0.717) is 11.1 Å². The lowest BCUT2D eigenvalue weighted by molar-refractivity contribution is -0.345. The molecule has 0 aliphatic heterocycles. The average Bonchev–Trinajstić information content (AvgIpc) is 2.73. The minimum Gasteiger partial charge on any atom is -0.377 e. The Morgan fingerprint density at radius 1 is 0.750 bits per heavy atom. The molecule has 1 amide bonds. The summed E-state index contributed by atoms with van der Waals surface area (Å²) in [6.07, 6.45) is -6.50. The number of benzene rings is 2. The molecule has 0 fully saturated rings. The SMILES string of the molecule is CC(N/C(=C\C(=O)N[C@@H](C)c1ccccc1)C(F)(F)C(F)(F)C(F)(F)F)c1ccccc1. The van der Waals surface area contributed by atoms with Gasteiger partial charge in [0.15, 0.2) is 0 Å². The average molecular weight is 462 g/mol. The van der Waals surface area contributed by atoms with Gasteiger partial charge in [-0.25, -0.2) is 0 Å². The zero-order chi connectivity index (χ0) is 24.2. The highest BCUT2D eigenvalue weighted by Gasteiger charge is 2.74. The summed E-state index contributed by atoms with van der Waals surface area (Å²) < 4.78 is 94.6. The fourth-order valence-corrected chi connectivity index (χ4v) is 2.84. The van der Waals surface area contributed by atoms with Gasteiger partial charge in [-0.2, -0.15) is 30.7 Å². The van der Waals surface area contributed by atoms with Gasteiger partial charge in [-0.3, -0.25) is 4.79 Å². The topological polar surface area (TPSA) is 41.1 Å². The first-order valence-corrected chi connectivity index (χ1v) is 9.49. The fourth-order valence-electron chi connectivity index (χ4n) is 2.84. The summed E-state index contributed by atoms with van der Waals surface area (Å²) in [5.41, 5.74) is -0.940. The second kappa shape index (κ2) is 9.62. The van der Waals surface area contributed by atoms with Gasteiger partial charge in [0.1, 0.15) is 0 Å². The van der Waals surface area contributed by atoms with Gasteiger partial charge < -0.3 is 10.6 Å².